The molecular formula is C22H23N3O6. The summed E-state index contributed by atoms with van der Waals surface area (Å²) in [5, 5.41) is 5.83. The van der Waals surface area contributed by atoms with Gasteiger partial charge in [0.25, 0.3) is 5.91 Å². The van der Waals surface area contributed by atoms with Gasteiger partial charge in [-0.1, -0.05) is 12.1 Å². The van der Waals surface area contributed by atoms with Crippen LogP contribution in [0.25, 0.3) is 0 Å². The Hall–Kier alpha value is -4.01. The number of fused-ring (bicyclic) bond motifs is 1. The number of nitrogens with one attached hydrogen (secondary N) is 2. The highest BCUT2D eigenvalue weighted by Gasteiger charge is 2.25. The minimum Gasteiger partial charge on any atom is -0.497 e. The van der Waals surface area contributed by atoms with E-state index in [0.717, 1.165) is 0 Å². The topological polar surface area (TPSA) is 106 Å². The molecule has 2 aromatic rings. The first kappa shape index (κ1) is 21.7. The van der Waals surface area contributed by atoms with Crippen LogP contribution < -0.4 is 25.0 Å². The van der Waals surface area contributed by atoms with Crippen LogP contribution in [0.15, 0.2) is 54.2 Å². The van der Waals surface area contributed by atoms with Crippen molar-refractivity contribution in [1.82, 2.24) is 0 Å². The summed E-state index contributed by atoms with van der Waals surface area (Å²) < 4.78 is 15.2. The van der Waals surface area contributed by atoms with Crippen LogP contribution in [-0.4, -0.2) is 45.7 Å². The maximum Gasteiger partial charge on any atom is 0.311 e. The first-order valence-corrected chi connectivity index (χ1v) is 9.42. The predicted octanol–water partition coefficient (Wildman–Crippen LogP) is 2.55. The van der Waals surface area contributed by atoms with Gasteiger partial charge in [0.1, 0.15) is 18.0 Å². The average Bonchev–Trinajstić information content (AvgIpc) is 2.89. The largest absolute Gasteiger partial charge is 0.497 e. The molecule has 0 bridgehead atoms. The number of hydrogen-bond acceptors (Lipinski definition) is 7. The number of carbonyl (C=O) groups is 3. The Labute approximate surface area is 179 Å². The third-order valence-electron chi connectivity index (χ3n) is 4.60. The van der Waals surface area contributed by atoms with Crippen LogP contribution >= 0.6 is 0 Å². The molecule has 2 N–H and O–H groups in total. The van der Waals surface area contributed by atoms with Gasteiger partial charge >= 0.3 is 5.97 Å². The summed E-state index contributed by atoms with van der Waals surface area (Å²) in [4.78, 5) is 38.7. The quantitative estimate of drug-likeness (QED) is 0.657. The van der Waals surface area contributed by atoms with E-state index in [2.05, 4.69) is 15.4 Å². The van der Waals surface area contributed by atoms with Gasteiger partial charge in [0.2, 0.25) is 5.91 Å². The fraction of sp³-hybridized carbons (Fsp3) is 0.227. The number of ether oxygens (including phenoxy) is 3. The molecular weight excluding hydrogens is 402 g/mol. The third-order valence-corrected chi connectivity index (χ3v) is 4.60. The van der Waals surface area contributed by atoms with E-state index in [1.165, 1.54) is 32.3 Å². The molecule has 9 nitrogen and oxygen atoms in total. The molecule has 2 amide bonds. The second-order valence-corrected chi connectivity index (χ2v) is 6.60. The van der Waals surface area contributed by atoms with Gasteiger partial charge in [0.15, 0.2) is 0 Å². The Morgan fingerprint density at radius 2 is 1.84 bits per heavy atom. The van der Waals surface area contributed by atoms with Crippen LogP contribution in [0.5, 0.6) is 11.5 Å². The first-order valence-electron chi connectivity index (χ1n) is 9.42. The molecule has 162 valence electrons. The highest BCUT2D eigenvalue weighted by molar-refractivity contribution is 6.10. The van der Waals surface area contributed by atoms with Gasteiger partial charge in [-0.05, 0) is 24.3 Å². The number of nitrogens with zero attached hydrogens (tertiary/aromatic N) is 1. The number of para-hydroxylation sites is 2. The van der Waals surface area contributed by atoms with Crippen molar-refractivity contribution in [2.45, 2.75) is 6.42 Å². The van der Waals surface area contributed by atoms with Crippen LogP contribution in [0.3, 0.4) is 0 Å². The van der Waals surface area contributed by atoms with Crippen LogP contribution in [0.4, 0.5) is 17.1 Å². The molecule has 3 rings (SSSR count). The van der Waals surface area contributed by atoms with Gasteiger partial charge < -0.3 is 24.8 Å². The molecule has 0 saturated carbocycles. The smallest absolute Gasteiger partial charge is 0.311 e. The number of rotatable bonds is 7. The molecule has 0 unspecified atom stereocenters. The number of hydrogen-bond donors (Lipinski definition) is 2. The van der Waals surface area contributed by atoms with E-state index >= 15 is 0 Å². The number of carbonyl (C=O) groups excluding carboxylic acids is 3. The van der Waals surface area contributed by atoms with Crippen molar-refractivity contribution in [3.05, 3.63) is 54.2 Å². The van der Waals surface area contributed by atoms with Crippen molar-refractivity contribution < 1.29 is 28.6 Å². The highest BCUT2D eigenvalue weighted by Crippen LogP contribution is 2.32. The molecule has 0 saturated heterocycles. The third kappa shape index (κ3) is 5.13. The maximum absolute atomic E-state index is 12.9. The van der Waals surface area contributed by atoms with Crippen molar-refractivity contribution >= 4 is 34.8 Å². The minimum atomic E-state index is -0.486. The zero-order chi connectivity index (χ0) is 22.4. The standard InChI is InChI=1S/C22H23N3O6/c1-29-15-8-9-19(30-2)17(12-15)24-20(26)13-25-18-7-5-4-6-16(18)23-14(10-21(25)27)11-22(28)31-3/h4-10,12,23H,11,13H2,1-3H3,(H,24,26). The molecule has 1 aliphatic rings. The number of amides is 2. The lowest BCUT2D eigenvalue weighted by Gasteiger charge is -2.22. The summed E-state index contributed by atoms with van der Waals surface area (Å²) in [6, 6.07) is 12.0. The summed E-state index contributed by atoms with van der Waals surface area (Å²) >= 11 is 0. The predicted molar refractivity (Wildman–Crippen MR) is 115 cm³/mol. The summed E-state index contributed by atoms with van der Waals surface area (Å²) in [5.41, 5.74) is 1.90. The summed E-state index contributed by atoms with van der Waals surface area (Å²) in [6.45, 7) is -0.250. The normalized spacial score (nSPS) is 12.7. The van der Waals surface area contributed by atoms with Crippen molar-refractivity contribution in [1.29, 1.82) is 0 Å². The molecule has 0 fully saturated rings. The monoisotopic (exact) mass is 425 g/mol. The molecule has 0 radical (unpaired) electrons. The number of anilines is 3. The first-order chi connectivity index (χ1) is 14.9. The van der Waals surface area contributed by atoms with Gasteiger partial charge in [-0.3, -0.25) is 19.3 Å². The summed E-state index contributed by atoms with van der Waals surface area (Å²) in [5.74, 6) is -0.352. The molecule has 0 spiro atoms. The van der Waals surface area contributed by atoms with E-state index in [1.807, 2.05) is 0 Å². The molecule has 1 aliphatic heterocycles. The fourth-order valence-electron chi connectivity index (χ4n) is 3.10. The van der Waals surface area contributed by atoms with Gasteiger partial charge in [-0.15, -0.1) is 0 Å². The van der Waals surface area contributed by atoms with Gasteiger partial charge in [-0.2, -0.15) is 0 Å². The van der Waals surface area contributed by atoms with Gasteiger partial charge in [0, 0.05) is 17.8 Å². The fourth-order valence-corrected chi connectivity index (χ4v) is 3.10. The van der Waals surface area contributed by atoms with E-state index in [9.17, 15) is 14.4 Å². The van der Waals surface area contributed by atoms with E-state index in [4.69, 9.17) is 9.47 Å². The van der Waals surface area contributed by atoms with Crippen molar-refractivity contribution in [2.75, 3.05) is 43.4 Å². The van der Waals surface area contributed by atoms with E-state index in [1.54, 1.807) is 42.5 Å². The SMILES string of the molecule is COC(=O)CC1=CC(=O)N(CC(=O)Nc2cc(OC)ccc2OC)c2ccccc2N1. The number of methoxy groups -OCH3 is 3. The van der Waals surface area contributed by atoms with E-state index in [0.29, 0.717) is 34.3 Å². The van der Waals surface area contributed by atoms with Gasteiger partial charge in [0.05, 0.1) is 44.8 Å². The molecule has 9 heteroatoms. The highest BCUT2D eigenvalue weighted by atomic mass is 16.5. The Bertz CT molecular complexity index is 1030. The number of benzene rings is 2. The lowest BCUT2D eigenvalue weighted by atomic mass is 10.2. The Morgan fingerprint density at radius 3 is 2.55 bits per heavy atom. The minimum absolute atomic E-state index is 0.0996. The number of esters is 1. The molecule has 31 heavy (non-hydrogen) atoms. The molecule has 1 heterocycles. The van der Waals surface area contributed by atoms with Crippen LogP contribution in [0.1, 0.15) is 6.42 Å². The lowest BCUT2D eigenvalue weighted by Crippen LogP contribution is -2.37. The van der Waals surface area contributed by atoms with Crippen LogP contribution in [0.2, 0.25) is 0 Å². The Balaban J connectivity index is 1.85. The Kier molecular flexibility index (Phi) is 6.76. The second-order valence-electron chi connectivity index (χ2n) is 6.60. The molecule has 2 aromatic carbocycles. The molecule has 0 atom stereocenters. The van der Waals surface area contributed by atoms with Gasteiger partial charge in [-0.25, -0.2) is 0 Å². The van der Waals surface area contributed by atoms with E-state index in [-0.39, 0.29) is 13.0 Å². The van der Waals surface area contributed by atoms with Crippen LogP contribution in [0, 0.1) is 0 Å². The average molecular weight is 425 g/mol. The summed E-state index contributed by atoms with van der Waals surface area (Å²) in [7, 11) is 4.29. The van der Waals surface area contributed by atoms with Crippen molar-refractivity contribution in [2.24, 2.45) is 0 Å². The zero-order valence-electron chi connectivity index (χ0n) is 17.4. The lowest BCUT2D eigenvalue weighted by molar-refractivity contribution is -0.139. The molecule has 0 aliphatic carbocycles. The zero-order valence-corrected chi connectivity index (χ0v) is 17.4. The Morgan fingerprint density at radius 1 is 1.06 bits per heavy atom. The maximum atomic E-state index is 12.9. The van der Waals surface area contributed by atoms with Crippen LogP contribution in [-0.2, 0) is 19.1 Å². The van der Waals surface area contributed by atoms with Crippen molar-refractivity contribution in [3.63, 3.8) is 0 Å². The second kappa shape index (κ2) is 9.66. The van der Waals surface area contributed by atoms with Crippen molar-refractivity contribution in [3.8, 4) is 11.5 Å². The molecule has 0 aromatic heterocycles. The summed E-state index contributed by atoms with van der Waals surface area (Å²) in [6.07, 6.45) is 1.19. The van der Waals surface area contributed by atoms with E-state index < -0.39 is 17.8 Å².